The first kappa shape index (κ1) is 8.78. The molecule has 0 N–H and O–H groups in total. The number of carbonyl (C=O) groups excluding carboxylic acids is 1. The third kappa shape index (κ3) is 2.38. The van der Waals surface area contributed by atoms with Crippen molar-refractivity contribution in [3.63, 3.8) is 0 Å². The van der Waals surface area contributed by atoms with Gasteiger partial charge in [0.25, 0.3) is 0 Å². The van der Waals surface area contributed by atoms with E-state index in [1.165, 1.54) is 5.56 Å². The second kappa shape index (κ2) is 4.54. The molecular formula is C10H12O2. The van der Waals surface area contributed by atoms with Gasteiger partial charge in [-0.15, -0.1) is 0 Å². The maximum Gasteiger partial charge on any atom is 0.157 e. The summed E-state index contributed by atoms with van der Waals surface area (Å²) in [6, 6.07) is 7.76. The van der Waals surface area contributed by atoms with Crippen molar-refractivity contribution in [3.05, 3.63) is 29.8 Å². The van der Waals surface area contributed by atoms with Gasteiger partial charge in [0.15, 0.2) is 6.29 Å². The first-order valence-electron chi connectivity index (χ1n) is 4.02. The third-order valence-corrected chi connectivity index (χ3v) is 1.62. The maximum absolute atomic E-state index is 10.0. The number of rotatable bonds is 4. The molecular weight excluding hydrogens is 152 g/mol. The number of carbonyl (C=O) groups is 1. The number of benzene rings is 1. The van der Waals surface area contributed by atoms with Crippen molar-refractivity contribution >= 4 is 6.29 Å². The lowest BCUT2D eigenvalue weighted by Gasteiger charge is -2.02. The molecule has 1 aromatic rings. The van der Waals surface area contributed by atoms with Gasteiger partial charge in [0.05, 0.1) is 0 Å². The van der Waals surface area contributed by atoms with Gasteiger partial charge in [0.2, 0.25) is 0 Å². The highest BCUT2D eigenvalue weighted by atomic mass is 16.5. The Kier molecular flexibility index (Phi) is 3.33. The minimum absolute atomic E-state index is 0.132. The zero-order chi connectivity index (χ0) is 8.81. The van der Waals surface area contributed by atoms with E-state index < -0.39 is 0 Å². The van der Waals surface area contributed by atoms with E-state index in [2.05, 4.69) is 6.92 Å². The van der Waals surface area contributed by atoms with Crippen LogP contribution in [0.5, 0.6) is 5.75 Å². The van der Waals surface area contributed by atoms with Gasteiger partial charge in [0, 0.05) is 0 Å². The van der Waals surface area contributed by atoms with Crippen molar-refractivity contribution in [3.8, 4) is 5.75 Å². The summed E-state index contributed by atoms with van der Waals surface area (Å²) in [5.74, 6) is 0.765. The van der Waals surface area contributed by atoms with Gasteiger partial charge in [-0.25, -0.2) is 0 Å². The van der Waals surface area contributed by atoms with Crippen LogP contribution >= 0.6 is 0 Å². The molecule has 1 aromatic carbocycles. The lowest BCUT2D eigenvalue weighted by atomic mass is 10.2. The molecule has 0 atom stereocenters. The van der Waals surface area contributed by atoms with Gasteiger partial charge in [-0.1, -0.05) is 19.1 Å². The van der Waals surface area contributed by atoms with Crippen LogP contribution in [0.2, 0.25) is 0 Å². The summed E-state index contributed by atoms with van der Waals surface area (Å²) in [7, 11) is 0. The molecule has 0 aliphatic carbocycles. The topological polar surface area (TPSA) is 26.3 Å². The van der Waals surface area contributed by atoms with E-state index >= 15 is 0 Å². The fourth-order valence-corrected chi connectivity index (χ4v) is 0.985. The van der Waals surface area contributed by atoms with Crippen LogP contribution < -0.4 is 4.74 Å². The van der Waals surface area contributed by atoms with Crippen LogP contribution in [0.15, 0.2) is 24.3 Å². The molecule has 0 fully saturated rings. The number of hydrogen-bond acceptors (Lipinski definition) is 2. The van der Waals surface area contributed by atoms with E-state index in [-0.39, 0.29) is 6.61 Å². The monoisotopic (exact) mass is 164 g/mol. The number of ether oxygens (including phenoxy) is 1. The zero-order valence-electron chi connectivity index (χ0n) is 7.12. The highest BCUT2D eigenvalue weighted by molar-refractivity contribution is 5.51. The first-order chi connectivity index (χ1) is 5.86. The summed E-state index contributed by atoms with van der Waals surface area (Å²) in [4.78, 5) is 10.0. The standard InChI is InChI=1S/C10H12O2/c1-2-9-4-3-5-10(8-9)12-7-6-11/h3-6,8H,2,7H2,1H3. The van der Waals surface area contributed by atoms with Crippen molar-refractivity contribution in [2.75, 3.05) is 6.61 Å². The molecule has 0 radical (unpaired) electrons. The van der Waals surface area contributed by atoms with Crippen LogP contribution in [0.4, 0.5) is 0 Å². The summed E-state index contributed by atoms with van der Waals surface area (Å²) in [6.45, 7) is 2.21. The molecule has 0 aliphatic rings. The van der Waals surface area contributed by atoms with Gasteiger partial charge in [-0.3, -0.25) is 4.79 Å². The lowest BCUT2D eigenvalue weighted by molar-refractivity contribution is -0.109. The lowest BCUT2D eigenvalue weighted by Crippen LogP contribution is -1.97. The Labute approximate surface area is 72.2 Å². The fraction of sp³-hybridized carbons (Fsp3) is 0.300. The predicted octanol–water partition coefficient (Wildman–Crippen LogP) is 1.83. The fourth-order valence-electron chi connectivity index (χ4n) is 0.985. The first-order valence-corrected chi connectivity index (χ1v) is 4.02. The van der Waals surface area contributed by atoms with E-state index in [4.69, 9.17) is 4.74 Å². The summed E-state index contributed by atoms with van der Waals surface area (Å²) in [5, 5.41) is 0. The van der Waals surface area contributed by atoms with Crippen molar-refractivity contribution in [2.24, 2.45) is 0 Å². The molecule has 0 aromatic heterocycles. The Balaban J connectivity index is 2.65. The molecule has 0 saturated carbocycles. The Bertz CT molecular complexity index is 256. The number of aldehydes is 1. The molecule has 0 heterocycles. The molecule has 0 bridgehead atoms. The SMILES string of the molecule is CCc1cccc(OCC=O)c1. The minimum atomic E-state index is 0.132. The third-order valence-electron chi connectivity index (χ3n) is 1.62. The van der Waals surface area contributed by atoms with E-state index in [0.717, 1.165) is 18.5 Å². The van der Waals surface area contributed by atoms with Crippen molar-refractivity contribution < 1.29 is 9.53 Å². The molecule has 0 aliphatic heterocycles. The van der Waals surface area contributed by atoms with Gasteiger partial charge >= 0.3 is 0 Å². The average molecular weight is 164 g/mol. The van der Waals surface area contributed by atoms with E-state index in [1.807, 2.05) is 24.3 Å². The van der Waals surface area contributed by atoms with E-state index in [1.54, 1.807) is 0 Å². The Hall–Kier alpha value is -1.31. The predicted molar refractivity (Wildman–Crippen MR) is 47.4 cm³/mol. The molecule has 0 spiro atoms. The van der Waals surface area contributed by atoms with Crippen LogP contribution in [0, 0.1) is 0 Å². The molecule has 2 heteroatoms. The second-order valence-corrected chi connectivity index (χ2v) is 2.48. The quantitative estimate of drug-likeness (QED) is 0.634. The molecule has 0 amide bonds. The van der Waals surface area contributed by atoms with Crippen LogP contribution in [-0.4, -0.2) is 12.9 Å². The molecule has 0 unspecified atom stereocenters. The van der Waals surface area contributed by atoms with Crippen LogP contribution in [0.25, 0.3) is 0 Å². The summed E-state index contributed by atoms with van der Waals surface area (Å²) >= 11 is 0. The molecule has 1 rings (SSSR count). The summed E-state index contributed by atoms with van der Waals surface area (Å²) in [5.41, 5.74) is 1.22. The summed E-state index contributed by atoms with van der Waals surface area (Å²) < 4.78 is 5.13. The van der Waals surface area contributed by atoms with E-state index in [9.17, 15) is 4.79 Å². The summed E-state index contributed by atoms with van der Waals surface area (Å²) in [6.07, 6.45) is 1.73. The highest BCUT2D eigenvalue weighted by Crippen LogP contribution is 2.12. The molecule has 64 valence electrons. The Morgan fingerprint density at radius 1 is 1.50 bits per heavy atom. The van der Waals surface area contributed by atoms with Crippen molar-refractivity contribution in [2.45, 2.75) is 13.3 Å². The van der Waals surface area contributed by atoms with Gasteiger partial charge in [-0.2, -0.15) is 0 Å². The average Bonchev–Trinajstić information content (AvgIpc) is 2.15. The smallest absolute Gasteiger partial charge is 0.157 e. The Morgan fingerprint density at radius 3 is 3.00 bits per heavy atom. The second-order valence-electron chi connectivity index (χ2n) is 2.48. The normalized spacial score (nSPS) is 9.42. The number of aryl methyl sites for hydroxylation is 1. The van der Waals surface area contributed by atoms with Gasteiger partial charge < -0.3 is 4.74 Å². The Morgan fingerprint density at radius 2 is 2.33 bits per heavy atom. The molecule has 12 heavy (non-hydrogen) atoms. The molecule has 0 saturated heterocycles. The van der Waals surface area contributed by atoms with Gasteiger partial charge in [0.1, 0.15) is 12.4 Å². The maximum atomic E-state index is 10.0. The largest absolute Gasteiger partial charge is 0.486 e. The molecule has 2 nitrogen and oxygen atoms in total. The van der Waals surface area contributed by atoms with Crippen molar-refractivity contribution in [1.82, 2.24) is 0 Å². The van der Waals surface area contributed by atoms with Crippen LogP contribution in [-0.2, 0) is 11.2 Å². The zero-order valence-corrected chi connectivity index (χ0v) is 7.12. The van der Waals surface area contributed by atoms with Crippen LogP contribution in [0.3, 0.4) is 0 Å². The minimum Gasteiger partial charge on any atom is -0.486 e. The van der Waals surface area contributed by atoms with E-state index in [0.29, 0.717) is 0 Å². The highest BCUT2D eigenvalue weighted by Gasteiger charge is 1.93. The van der Waals surface area contributed by atoms with Crippen molar-refractivity contribution in [1.29, 1.82) is 0 Å². The van der Waals surface area contributed by atoms with Gasteiger partial charge in [-0.05, 0) is 24.1 Å². The van der Waals surface area contributed by atoms with Crippen LogP contribution in [0.1, 0.15) is 12.5 Å². The number of hydrogen-bond donors (Lipinski definition) is 0.